The summed E-state index contributed by atoms with van der Waals surface area (Å²) in [5.74, 6) is 0. The number of rotatable bonds is 1. The van der Waals surface area contributed by atoms with Crippen molar-refractivity contribution in [1.29, 1.82) is 5.26 Å². The zero-order valence-corrected chi connectivity index (χ0v) is 11.0. The number of piperidine rings is 1. The maximum absolute atomic E-state index is 9.36. The van der Waals surface area contributed by atoms with Gasteiger partial charge in [-0.05, 0) is 31.5 Å². The van der Waals surface area contributed by atoms with Gasteiger partial charge < -0.3 is 14.9 Å². The van der Waals surface area contributed by atoms with Gasteiger partial charge in [0, 0.05) is 29.4 Å². The minimum absolute atomic E-state index is 0.124. The van der Waals surface area contributed by atoms with Gasteiger partial charge in [-0.3, -0.25) is 0 Å². The van der Waals surface area contributed by atoms with E-state index < -0.39 is 0 Å². The van der Waals surface area contributed by atoms with Crippen molar-refractivity contribution >= 4 is 21.9 Å². The largest absolute Gasteiger partial charge is 0.346 e. The summed E-state index contributed by atoms with van der Waals surface area (Å²) in [7, 11) is 0. The van der Waals surface area contributed by atoms with Crippen molar-refractivity contribution in [3.8, 4) is 6.07 Å². The van der Waals surface area contributed by atoms with Crippen LogP contribution in [0.5, 0.6) is 0 Å². The van der Waals surface area contributed by atoms with Crippen LogP contribution < -0.4 is 5.32 Å². The predicted octanol–water partition coefficient (Wildman–Crippen LogP) is 2.33. The first-order valence-electron chi connectivity index (χ1n) is 6.94. The molecule has 4 heterocycles. The molecule has 3 aromatic rings. The van der Waals surface area contributed by atoms with Crippen molar-refractivity contribution in [2.75, 3.05) is 6.54 Å². The van der Waals surface area contributed by atoms with Crippen LogP contribution in [0.1, 0.15) is 18.9 Å². The summed E-state index contributed by atoms with van der Waals surface area (Å²) in [6.45, 7) is 0.926. The Morgan fingerprint density at radius 1 is 1.40 bits per heavy atom. The van der Waals surface area contributed by atoms with Crippen molar-refractivity contribution in [1.82, 2.24) is 19.9 Å². The molecule has 4 rings (SSSR count). The first kappa shape index (κ1) is 11.5. The number of hydrogen-bond donors (Lipinski definition) is 2. The summed E-state index contributed by atoms with van der Waals surface area (Å²) in [5, 5.41) is 14.9. The fourth-order valence-electron chi connectivity index (χ4n) is 3.23. The van der Waals surface area contributed by atoms with Crippen molar-refractivity contribution in [3.05, 3.63) is 30.7 Å². The summed E-state index contributed by atoms with van der Waals surface area (Å²) >= 11 is 0. The summed E-state index contributed by atoms with van der Waals surface area (Å²) in [5.41, 5.74) is 2.07. The van der Waals surface area contributed by atoms with Crippen molar-refractivity contribution in [2.24, 2.45) is 0 Å². The van der Waals surface area contributed by atoms with Gasteiger partial charge in [0.05, 0.1) is 17.6 Å². The molecule has 0 spiro atoms. The van der Waals surface area contributed by atoms with Gasteiger partial charge in [0.15, 0.2) is 0 Å². The second kappa shape index (κ2) is 4.36. The first-order valence-corrected chi connectivity index (χ1v) is 6.94. The molecule has 0 bridgehead atoms. The SMILES string of the molecule is N#C[C@H]1NCCC[C@H]1n1ccc2cnc3[nH]ccc3c21. The summed E-state index contributed by atoms with van der Waals surface area (Å²) < 4.78 is 2.24. The van der Waals surface area contributed by atoms with Gasteiger partial charge in [0.25, 0.3) is 0 Å². The van der Waals surface area contributed by atoms with Gasteiger partial charge in [0.1, 0.15) is 11.7 Å². The molecule has 20 heavy (non-hydrogen) atoms. The molecule has 1 saturated heterocycles. The van der Waals surface area contributed by atoms with Crippen LogP contribution >= 0.6 is 0 Å². The van der Waals surface area contributed by atoms with Crippen LogP contribution in [0, 0.1) is 11.3 Å². The fourth-order valence-corrected chi connectivity index (χ4v) is 3.23. The van der Waals surface area contributed by atoms with E-state index in [0.29, 0.717) is 0 Å². The van der Waals surface area contributed by atoms with Gasteiger partial charge in [0.2, 0.25) is 0 Å². The van der Waals surface area contributed by atoms with Gasteiger partial charge in [-0.15, -0.1) is 0 Å². The van der Waals surface area contributed by atoms with Gasteiger partial charge in [-0.2, -0.15) is 5.26 Å². The second-order valence-corrected chi connectivity index (χ2v) is 5.30. The standard InChI is InChI=1S/C15H15N5/c16-8-12-13(2-1-5-17-12)20-7-4-10-9-19-15-11(14(10)20)3-6-18-15/h3-4,6-7,9,12-13,17H,1-2,5H2,(H,18,19)/t12-,13-/m1/s1. The van der Waals surface area contributed by atoms with Crippen LogP contribution in [0.4, 0.5) is 0 Å². The molecule has 100 valence electrons. The number of fused-ring (bicyclic) bond motifs is 3. The second-order valence-electron chi connectivity index (χ2n) is 5.30. The highest BCUT2D eigenvalue weighted by Gasteiger charge is 2.27. The lowest BCUT2D eigenvalue weighted by atomic mass is 9.99. The molecule has 3 aromatic heterocycles. The Morgan fingerprint density at radius 3 is 3.25 bits per heavy atom. The van der Waals surface area contributed by atoms with E-state index in [-0.39, 0.29) is 12.1 Å². The molecule has 0 amide bonds. The van der Waals surface area contributed by atoms with E-state index in [2.05, 4.69) is 44.3 Å². The quantitative estimate of drug-likeness (QED) is 0.709. The summed E-state index contributed by atoms with van der Waals surface area (Å²) in [6, 6.07) is 6.59. The third-order valence-electron chi connectivity index (χ3n) is 4.18. The Kier molecular flexibility index (Phi) is 2.51. The minimum atomic E-state index is -0.124. The van der Waals surface area contributed by atoms with Gasteiger partial charge in [-0.25, -0.2) is 4.98 Å². The van der Waals surface area contributed by atoms with E-state index in [1.54, 1.807) is 0 Å². The molecule has 0 aliphatic carbocycles. The van der Waals surface area contributed by atoms with Crippen molar-refractivity contribution in [3.63, 3.8) is 0 Å². The first-order chi connectivity index (χ1) is 9.88. The van der Waals surface area contributed by atoms with Crippen LogP contribution in [0.15, 0.2) is 30.7 Å². The van der Waals surface area contributed by atoms with Crippen LogP contribution in [0.3, 0.4) is 0 Å². The Labute approximate surface area is 116 Å². The third kappa shape index (κ3) is 1.55. The molecule has 0 radical (unpaired) electrons. The lowest BCUT2D eigenvalue weighted by Crippen LogP contribution is -2.41. The van der Waals surface area contributed by atoms with E-state index in [0.717, 1.165) is 35.8 Å². The molecule has 0 saturated carbocycles. The molecular formula is C15H15N5. The zero-order chi connectivity index (χ0) is 13.5. The number of pyridine rings is 1. The number of nitrogens with zero attached hydrogens (tertiary/aromatic N) is 3. The topological polar surface area (TPSA) is 69.4 Å². The zero-order valence-electron chi connectivity index (χ0n) is 11.0. The molecule has 0 unspecified atom stereocenters. The molecule has 1 aliphatic heterocycles. The van der Waals surface area contributed by atoms with E-state index in [1.165, 1.54) is 5.52 Å². The van der Waals surface area contributed by atoms with Gasteiger partial charge in [-0.1, -0.05) is 0 Å². The minimum Gasteiger partial charge on any atom is -0.346 e. The number of aromatic nitrogens is 3. The molecule has 0 aromatic carbocycles. The van der Waals surface area contributed by atoms with Crippen LogP contribution in [-0.4, -0.2) is 27.1 Å². The lowest BCUT2D eigenvalue weighted by Gasteiger charge is -2.30. The number of H-pyrrole nitrogens is 1. The van der Waals surface area contributed by atoms with Crippen molar-refractivity contribution < 1.29 is 0 Å². The maximum Gasteiger partial charge on any atom is 0.139 e. The van der Waals surface area contributed by atoms with Crippen molar-refractivity contribution in [2.45, 2.75) is 24.9 Å². The third-order valence-corrected chi connectivity index (χ3v) is 4.18. The normalized spacial score (nSPS) is 23.1. The molecule has 5 heteroatoms. The number of nitriles is 1. The van der Waals surface area contributed by atoms with E-state index in [1.807, 2.05) is 12.4 Å². The Morgan fingerprint density at radius 2 is 2.35 bits per heavy atom. The predicted molar refractivity (Wildman–Crippen MR) is 77.3 cm³/mol. The van der Waals surface area contributed by atoms with Crippen LogP contribution in [0.2, 0.25) is 0 Å². The maximum atomic E-state index is 9.36. The number of hydrogen-bond acceptors (Lipinski definition) is 3. The molecule has 1 aliphatic rings. The molecule has 1 fully saturated rings. The Balaban J connectivity index is 1.95. The van der Waals surface area contributed by atoms with E-state index in [9.17, 15) is 5.26 Å². The van der Waals surface area contributed by atoms with Crippen LogP contribution in [0.25, 0.3) is 21.9 Å². The Bertz CT molecular complexity index is 806. The molecule has 5 nitrogen and oxygen atoms in total. The fraction of sp³-hybridized carbons (Fsp3) is 0.333. The molecule has 2 atom stereocenters. The molecular weight excluding hydrogens is 250 g/mol. The van der Waals surface area contributed by atoms with E-state index in [4.69, 9.17) is 0 Å². The molecule has 2 N–H and O–H groups in total. The highest BCUT2D eigenvalue weighted by molar-refractivity contribution is 6.02. The highest BCUT2D eigenvalue weighted by Crippen LogP contribution is 2.31. The average molecular weight is 265 g/mol. The monoisotopic (exact) mass is 265 g/mol. The summed E-state index contributed by atoms with van der Waals surface area (Å²) in [6.07, 6.45) is 8.02. The average Bonchev–Trinajstić information content (AvgIpc) is 3.12. The van der Waals surface area contributed by atoms with E-state index >= 15 is 0 Å². The smallest absolute Gasteiger partial charge is 0.139 e. The highest BCUT2D eigenvalue weighted by atomic mass is 15.1. The lowest BCUT2D eigenvalue weighted by molar-refractivity contribution is 0.330. The van der Waals surface area contributed by atoms with Gasteiger partial charge >= 0.3 is 0 Å². The number of nitrogens with one attached hydrogen (secondary N) is 2. The number of aromatic amines is 1. The summed E-state index contributed by atoms with van der Waals surface area (Å²) in [4.78, 5) is 7.57. The van der Waals surface area contributed by atoms with Crippen LogP contribution in [-0.2, 0) is 0 Å². The Hall–Kier alpha value is -2.32.